The van der Waals surface area contributed by atoms with Crippen LogP contribution in [0.25, 0.3) is 10.9 Å². The van der Waals surface area contributed by atoms with E-state index in [0.717, 1.165) is 47.1 Å². The van der Waals surface area contributed by atoms with Gasteiger partial charge in [0.15, 0.2) is 5.78 Å². The predicted molar refractivity (Wildman–Crippen MR) is 81.4 cm³/mol. The Bertz CT molecular complexity index is 828. The molecular weight excluding hydrogens is 262 g/mol. The van der Waals surface area contributed by atoms with Crippen molar-refractivity contribution in [2.45, 2.75) is 19.3 Å². The van der Waals surface area contributed by atoms with Crippen molar-refractivity contribution in [1.82, 2.24) is 14.5 Å². The van der Waals surface area contributed by atoms with Crippen molar-refractivity contribution in [3.63, 3.8) is 0 Å². The number of aromatic nitrogens is 3. The van der Waals surface area contributed by atoms with E-state index in [2.05, 4.69) is 16.0 Å². The number of fused-ring (bicyclic) bond motifs is 2. The first-order chi connectivity index (χ1) is 10.2. The van der Waals surface area contributed by atoms with Crippen LogP contribution in [0.2, 0.25) is 0 Å². The number of rotatable bonds is 2. The van der Waals surface area contributed by atoms with E-state index < -0.39 is 0 Å². The zero-order chi connectivity index (χ0) is 14.4. The van der Waals surface area contributed by atoms with Gasteiger partial charge in [-0.1, -0.05) is 18.2 Å². The first kappa shape index (κ1) is 12.4. The fraction of sp³-hybridized carbons (Fsp3) is 0.294. The molecule has 1 aliphatic rings. The highest BCUT2D eigenvalue weighted by atomic mass is 16.1. The highest BCUT2D eigenvalue weighted by molar-refractivity contribution is 6.09. The molecule has 4 rings (SSSR count). The monoisotopic (exact) mass is 279 g/mol. The second kappa shape index (κ2) is 4.58. The van der Waals surface area contributed by atoms with Crippen molar-refractivity contribution >= 4 is 16.7 Å². The molecule has 0 radical (unpaired) electrons. The Morgan fingerprint density at radius 3 is 3.14 bits per heavy atom. The molecule has 106 valence electrons. The summed E-state index contributed by atoms with van der Waals surface area (Å²) in [5.41, 5.74) is 4.21. The molecule has 1 N–H and O–H groups in total. The Balaban J connectivity index is 1.71. The number of hydrogen-bond donors (Lipinski definition) is 1. The number of aryl methyl sites for hydroxylation is 2. The van der Waals surface area contributed by atoms with Crippen molar-refractivity contribution in [3.05, 3.63) is 53.7 Å². The van der Waals surface area contributed by atoms with Crippen LogP contribution in [0.15, 0.2) is 36.8 Å². The first-order valence-electron chi connectivity index (χ1n) is 7.33. The highest BCUT2D eigenvalue weighted by Gasteiger charge is 2.28. The number of Topliss-reactive ketones (excluding diaryl/α,β-unsaturated/α-hetero) is 1. The van der Waals surface area contributed by atoms with E-state index in [4.69, 9.17) is 0 Å². The van der Waals surface area contributed by atoms with Crippen LogP contribution in [0.3, 0.4) is 0 Å². The molecule has 0 spiro atoms. The Labute approximate surface area is 122 Å². The molecule has 2 heterocycles. The van der Waals surface area contributed by atoms with Gasteiger partial charge in [0.1, 0.15) is 0 Å². The molecule has 21 heavy (non-hydrogen) atoms. The molecule has 1 unspecified atom stereocenters. The van der Waals surface area contributed by atoms with Gasteiger partial charge in [0, 0.05) is 41.3 Å². The Hall–Kier alpha value is -2.36. The summed E-state index contributed by atoms with van der Waals surface area (Å²) in [5, 5.41) is 1.06. The van der Waals surface area contributed by atoms with Gasteiger partial charge < -0.3 is 9.55 Å². The van der Waals surface area contributed by atoms with Gasteiger partial charge in [0.25, 0.3) is 0 Å². The van der Waals surface area contributed by atoms with E-state index in [1.807, 2.05) is 36.0 Å². The largest absolute Gasteiger partial charge is 0.350 e. The molecule has 1 aliphatic carbocycles. The number of carbonyl (C=O) groups is 1. The van der Waals surface area contributed by atoms with Gasteiger partial charge in [-0.15, -0.1) is 0 Å². The minimum atomic E-state index is 0.0590. The summed E-state index contributed by atoms with van der Waals surface area (Å²) < 4.78 is 2.03. The zero-order valence-corrected chi connectivity index (χ0v) is 12.0. The Morgan fingerprint density at radius 2 is 2.24 bits per heavy atom. The maximum Gasteiger partial charge on any atom is 0.168 e. The van der Waals surface area contributed by atoms with Crippen LogP contribution >= 0.6 is 0 Å². The Morgan fingerprint density at radius 1 is 1.38 bits per heavy atom. The average Bonchev–Trinajstić information content (AvgIpc) is 3.11. The lowest BCUT2D eigenvalue weighted by atomic mass is 9.84. The molecule has 1 aromatic carbocycles. The SMILES string of the molecule is Cn1cc(C(=O)C2CCc3nc[nH]c3C2)c2ccccc21. The topological polar surface area (TPSA) is 50.7 Å². The molecule has 3 aromatic rings. The summed E-state index contributed by atoms with van der Waals surface area (Å²) in [6, 6.07) is 8.09. The number of para-hydroxylation sites is 1. The van der Waals surface area contributed by atoms with Crippen molar-refractivity contribution in [2.75, 3.05) is 0 Å². The lowest BCUT2D eigenvalue weighted by molar-refractivity contribution is 0.0909. The molecule has 2 aromatic heterocycles. The van der Waals surface area contributed by atoms with Gasteiger partial charge in [-0.05, 0) is 25.3 Å². The number of aromatic amines is 1. The molecule has 0 bridgehead atoms. The number of nitrogens with one attached hydrogen (secondary N) is 1. The minimum absolute atomic E-state index is 0.0590. The summed E-state index contributed by atoms with van der Waals surface area (Å²) in [7, 11) is 1.99. The quantitative estimate of drug-likeness (QED) is 0.733. The highest BCUT2D eigenvalue weighted by Crippen LogP contribution is 2.29. The summed E-state index contributed by atoms with van der Waals surface area (Å²) in [6.45, 7) is 0. The standard InChI is InChI=1S/C17H17N3O/c1-20-9-13(12-4-2-3-5-16(12)20)17(21)11-6-7-14-15(8-11)19-10-18-14/h2-5,9-11H,6-8H2,1H3,(H,18,19). The molecule has 4 heteroatoms. The van der Waals surface area contributed by atoms with Crippen LogP contribution in [0.1, 0.15) is 28.2 Å². The number of imidazole rings is 1. The predicted octanol–water partition coefficient (Wildman–Crippen LogP) is 2.89. The smallest absolute Gasteiger partial charge is 0.168 e. The molecule has 0 amide bonds. The minimum Gasteiger partial charge on any atom is -0.350 e. The van der Waals surface area contributed by atoms with Crippen molar-refractivity contribution in [2.24, 2.45) is 13.0 Å². The third kappa shape index (κ3) is 1.90. The van der Waals surface area contributed by atoms with Crippen LogP contribution < -0.4 is 0 Å². The normalized spacial score (nSPS) is 17.9. The molecule has 0 saturated heterocycles. The number of nitrogens with zero attached hydrogens (tertiary/aromatic N) is 2. The number of H-pyrrole nitrogens is 1. The fourth-order valence-electron chi connectivity index (χ4n) is 3.38. The molecule has 0 saturated carbocycles. The van der Waals surface area contributed by atoms with Crippen LogP contribution in [-0.2, 0) is 19.9 Å². The molecular formula is C17H17N3O. The lowest BCUT2D eigenvalue weighted by Gasteiger charge is -2.19. The first-order valence-corrected chi connectivity index (χ1v) is 7.33. The van der Waals surface area contributed by atoms with E-state index in [9.17, 15) is 4.79 Å². The third-order valence-electron chi connectivity index (χ3n) is 4.52. The Kier molecular flexibility index (Phi) is 2.70. The molecule has 4 nitrogen and oxygen atoms in total. The number of ketones is 1. The zero-order valence-electron chi connectivity index (χ0n) is 12.0. The van der Waals surface area contributed by atoms with Gasteiger partial charge in [-0.25, -0.2) is 4.98 Å². The third-order valence-corrected chi connectivity index (χ3v) is 4.52. The van der Waals surface area contributed by atoms with Gasteiger partial charge in [0.2, 0.25) is 0 Å². The van der Waals surface area contributed by atoms with Gasteiger partial charge in [0.05, 0.1) is 12.0 Å². The van der Waals surface area contributed by atoms with Crippen molar-refractivity contribution in [1.29, 1.82) is 0 Å². The van der Waals surface area contributed by atoms with E-state index in [1.54, 1.807) is 6.33 Å². The summed E-state index contributed by atoms with van der Waals surface area (Å²) in [4.78, 5) is 20.4. The maximum absolute atomic E-state index is 12.9. The number of benzene rings is 1. The molecule has 1 atom stereocenters. The lowest BCUT2D eigenvalue weighted by Crippen LogP contribution is -2.22. The molecule has 0 fully saturated rings. The maximum atomic E-state index is 12.9. The number of carbonyl (C=O) groups excluding carboxylic acids is 1. The van der Waals surface area contributed by atoms with Crippen LogP contribution in [0, 0.1) is 5.92 Å². The van der Waals surface area contributed by atoms with E-state index in [1.165, 1.54) is 0 Å². The van der Waals surface area contributed by atoms with Crippen LogP contribution in [0.5, 0.6) is 0 Å². The fourth-order valence-corrected chi connectivity index (χ4v) is 3.38. The van der Waals surface area contributed by atoms with Crippen LogP contribution in [0.4, 0.5) is 0 Å². The van der Waals surface area contributed by atoms with E-state index >= 15 is 0 Å². The van der Waals surface area contributed by atoms with Crippen molar-refractivity contribution < 1.29 is 4.79 Å². The summed E-state index contributed by atoms with van der Waals surface area (Å²) in [5.74, 6) is 0.316. The van der Waals surface area contributed by atoms with Crippen molar-refractivity contribution in [3.8, 4) is 0 Å². The number of hydrogen-bond acceptors (Lipinski definition) is 2. The second-order valence-corrected chi connectivity index (χ2v) is 5.80. The summed E-state index contributed by atoms with van der Waals surface area (Å²) in [6.07, 6.45) is 6.25. The van der Waals surface area contributed by atoms with E-state index in [-0.39, 0.29) is 11.7 Å². The molecule has 0 aliphatic heterocycles. The van der Waals surface area contributed by atoms with Gasteiger partial charge >= 0.3 is 0 Å². The van der Waals surface area contributed by atoms with Gasteiger partial charge in [-0.2, -0.15) is 0 Å². The average molecular weight is 279 g/mol. The summed E-state index contributed by atoms with van der Waals surface area (Å²) >= 11 is 0. The van der Waals surface area contributed by atoms with E-state index in [0.29, 0.717) is 0 Å². The van der Waals surface area contributed by atoms with Gasteiger partial charge in [-0.3, -0.25) is 4.79 Å². The second-order valence-electron chi connectivity index (χ2n) is 5.80. The van der Waals surface area contributed by atoms with Crippen LogP contribution in [-0.4, -0.2) is 20.3 Å².